The highest BCUT2D eigenvalue weighted by Crippen LogP contribution is 2.30. The van der Waals surface area contributed by atoms with Gasteiger partial charge in [-0.1, -0.05) is 103 Å². The molecule has 4 N–H and O–H groups in total. The molecular weight excluding hydrogens is 564 g/mol. The Labute approximate surface area is 263 Å². The molecule has 2 amide bonds. The topological polar surface area (TPSA) is 113 Å². The number of aliphatic hydroxyl groups excluding tert-OH is 3. The van der Waals surface area contributed by atoms with Crippen LogP contribution in [0.3, 0.4) is 0 Å². The minimum absolute atomic E-state index is 0.117. The molecule has 1 fully saturated rings. The molecule has 45 heavy (non-hydrogen) atoms. The summed E-state index contributed by atoms with van der Waals surface area (Å²) in [5.74, 6) is 0. The summed E-state index contributed by atoms with van der Waals surface area (Å²) in [6.07, 6.45) is 0.00493. The van der Waals surface area contributed by atoms with Gasteiger partial charge in [0, 0.05) is 19.3 Å². The number of carbonyl (C=O) groups excluding carboxylic acids is 1. The Bertz CT molecular complexity index is 1680. The number of hydrogen-bond acceptors (Lipinski definition) is 5. The molecule has 8 heteroatoms. The van der Waals surface area contributed by atoms with Crippen LogP contribution in [0.5, 0.6) is 0 Å². The van der Waals surface area contributed by atoms with E-state index >= 15 is 0 Å². The minimum atomic E-state index is -1.22. The number of hydrogen-bond donors (Lipinski definition) is 4. The molecule has 0 bridgehead atoms. The lowest BCUT2D eigenvalue weighted by atomic mass is 9.90. The van der Waals surface area contributed by atoms with E-state index in [0.29, 0.717) is 12.8 Å². The minimum Gasteiger partial charge on any atom is -0.392 e. The second kappa shape index (κ2) is 13.9. The number of aromatic nitrogens is 2. The average Bonchev–Trinajstić information content (AvgIpc) is 3.62. The highest BCUT2D eigenvalue weighted by atomic mass is 16.3. The van der Waals surface area contributed by atoms with E-state index in [1.807, 2.05) is 115 Å². The molecule has 0 radical (unpaired) electrons. The van der Waals surface area contributed by atoms with E-state index in [1.165, 1.54) is 0 Å². The van der Waals surface area contributed by atoms with Crippen LogP contribution in [0.4, 0.5) is 4.79 Å². The van der Waals surface area contributed by atoms with Crippen LogP contribution in [0, 0.1) is 0 Å². The van der Waals surface area contributed by atoms with Crippen LogP contribution in [0.25, 0.3) is 11.3 Å². The Kier molecular flexibility index (Phi) is 9.35. The van der Waals surface area contributed by atoms with Crippen LogP contribution in [0.2, 0.25) is 0 Å². The predicted molar refractivity (Wildman–Crippen MR) is 173 cm³/mol. The van der Waals surface area contributed by atoms with Crippen molar-refractivity contribution in [2.24, 2.45) is 0 Å². The number of urea groups is 1. The van der Waals surface area contributed by atoms with E-state index in [1.54, 1.807) is 16.0 Å². The zero-order chi connectivity index (χ0) is 31.2. The zero-order valence-corrected chi connectivity index (χ0v) is 25.0. The first-order valence-electron chi connectivity index (χ1n) is 15.3. The molecule has 1 aromatic heterocycles. The molecule has 0 spiro atoms. The third-order valence-electron chi connectivity index (χ3n) is 8.62. The van der Waals surface area contributed by atoms with Gasteiger partial charge in [-0.05, 0) is 58.4 Å². The summed E-state index contributed by atoms with van der Waals surface area (Å²) < 4.78 is 0. The van der Waals surface area contributed by atoms with Crippen LogP contribution in [0.1, 0.15) is 27.8 Å². The van der Waals surface area contributed by atoms with Crippen molar-refractivity contribution in [3.05, 3.63) is 149 Å². The van der Waals surface area contributed by atoms with Crippen molar-refractivity contribution in [3.63, 3.8) is 0 Å². The fourth-order valence-electron chi connectivity index (χ4n) is 6.29. The van der Waals surface area contributed by atoms with E-state index < -0.39 is 24.3 Å². The summed E-state index contributed by atoms with van der Waals surface area (Å²) in [6, 6.07) is 35.1. The summed E-state index contributed by atoms with van der Waals surface area (Å²) in [6.45, 7) is 0.318. The van der Waals surface area contributed by atoms with E-state index in [2.05, 4.69) is 10.2 Å². The fraction of sp³-hybridized carbons (Fsp3) is 0.243. The van der Waals surface area contributed by atoms with Gasteiger partial charge in [0.05, 0.1) is 24.4 Å². The van der Waals surface area contributed by atoms with Crippen LogP contribution in [-0.2, 0) is 32.5 Å². The smallest absolute Gasteiger partial charge is 0.321 e. The van der Waals surface area contributed by atoms with E-state index in [0.717, 1.165) is 39.1 Å². The summed E-state index contributed by atoms with van der Waals surface area (Å²) in [7, 11) is 0. The summed E-state index contributed by atoms with van der Waals surface area (Å²) >= 11 is 0. The Hall–Kier alpha value is -4.76. The van der Waals surface area contributed by atoms with Gasteiger partial charge in [-0.15, -0.1) is 0 Å². The van der Waals surface area contributed by atoms with Gasteiger partial charge in [-0.25, -0.2) is 4.79 Å². The fourth-order valence-corrected chi connectivity index (χ4v) is 6.29. The molecule has 6 rings (SSSR count). The molecule has 0 aliphatic carbocycles. The first-order valence-corrected chi connectivity index (χ1v) is 15.3. The number of rotatable bonds is 10. The number of aromatic amines is 1. The van der Waals surface area contributed by atoms with Crippen molar-refractivity contribution >= 4 is 6.03 Å². The van der Waals surface area contributed by atoms with Crippen molar-refractivity contribution in [3.8, 4) is 11.3 Å². The lowest BCUT2D eigenvalue weighted by Crippen LogP contribution is -2.50. The number of nitrogens with zero attached hydrogens (tertiary/aromatic N) is 3. The van der Waals surface area contributed by atoms with Gasteiger partial charge >= 0.3 is 6.03 Å². The summed E-state index contributed by atoms with van der Waals surface area (Å²) in [5, 5.41) is 40.7. The number of benzene rings is 4. The maximum Gasteiger partial charge on any atom is 0.321 e. The lowest BCUT2D eigenvalue weighted by Gasteiger charge is -2.36. The highest BCUT2D eigenvalue weighted by molar-refractivity contribution is 5.76. The molecule has 230 valence electrons. The maximum absolute atomic E-state index is 14.9. The molecule has 1 saturated heterocycles. The molecular formula is C37H38N4O4. The number of aliphatic hydroxyl groups is 3. The van der Waals surface area contributed by atoms with Gasteiger partial charge in [0.2, 0.25) is 0 Å². The molecule has 0 saturated carbocycles. The number of nitrogens with one attached hydrogen (secondary N) is 1. The highest BCUT2D eigenvalue weighted by Gasteiger charge is 2.46. The maximum atomic E-state index is 14.9. The Morgan fingerprint density at radius 2 is 1.13 bits per heavy atom. The zero-order valence-electron chi connectivity index (χ0n) is 25.0. The Morgan fingerprint density at radius 1 is 0.622 bits per heavy atom. The van der Waals surface area contributed by atoms with Gasteiger partial charge in [-0.3, -0.25) is 5.10 Å². The number of H-pyrrole nitrogens is 1. The second-order valence-corrected chi connectivity index (χ2v) is 11.7. The third kappa shape index (κ3) is 6.99. The molecule has 8 nitrogen and oxygen atoms in total. The Balaban J connectivity index is 1.43. The van der Waals surface area contributed by atoms with Crippen molar-refractivity contribution in [1.29, 1.82) is 0 Å². The van der Waals surface area contributed by atoms with Crippen molar-refractivity contribution in [2.75, 3.05) is 0 Å². The largest absolute Gasteiger partial charge is 0.392 e. The Morgan fingerprint density at radius 3 is 1.67 bits per heavy atom. The molecule has 1 aliphatic rings. The van der Waals surface area contributed by atoms with Gasteiger partial charge in [0.25, 0.3) is 0 Å². The molecule has 4 aromatic carbocycles. The van der Waals surface area contributed by atoms with Crippen LogP contribution >= 0.6 is 0 Å². The third-order valence-corrected chi connectivity index (χ3v) is 8.62. The van der Waals surface area contributed by atoms with E-state index in [-0.39, 0.29) is 25.7 Å². The summed E-state index contributed by atoms with van der Waals surface area (Å²) in [4.78, 5) is 18.3. The van der Waals surface area contributed by atoms with Crippen LogP contribution < -0.4 is 0 Å². The van der Waals surface area contributed by atoms with Gasteiger partial charge < -0.3 is 25.1 Å². The summed E-state index contributed by atoms with van der Waals surface area (Å²) in [5.41, 5.74) is 6.17. The van der Waals surface area contributed by atoms with Gasteiger partial charge in [-0.2, -0.15) is 5.10 Å². The average molecular weight is 603 g/mol. The number of amides is 2. The van der Waals surface area contributed by atoms with Gasteiger partial charge in [0.15, 0.2) is 0 Å². The van der Waals surface area contributed by atoms with Crippen molar-refractivity contribution in [1.82, 2.24) is 20.0 Å². The SMILES string of the molecule is O=C1N(Cc2cccc(CO)c2)[C@H](Cc2ccccc2)[C@H](O)[C@@H](O)[C@@H](Cc2ccccc2)N1Cc1cccc(-c2ccn[nH]2)c1. The van der Waals surface area contributed by atoms with Gasteiger partial charge in [0.1, 0.15) is 12.2 Å². The lowest BCUT2D eigenvalue weighted by molar-refractivity contribution is -0.0408. The molecule has 4 atom stereocenters. The first kappa shape index (κ1) is 30.3. The monoisotopic (exact) mass is 602 g/mol. The van der Waals surface area contributed by atoms with Crippen LogP contribution in [0.15, 0.2) is 121 Å². The molecule has 1 aliphatic heterocycles. The quantitative estimate of drug-likeness (QED) is 0.181. The normalized spacial score (nSPS) is 20.3. The predicted octanol–water partition coefficient (Wildman–Crippen LogP) is 4.95. The van der Waals surface area contributed by atoms with Crippen molar-refractivity contribution < 1.29 is 20.1 Å². The first-order chi connectivity index (χ1) is 22.0. The number of carbonyl (C=O) groups is 1. The second-order valence-electron chi connectivity index (χ2n) is 11.7. The van der Waals surface area contributed by atoms with E-state index in [9.17, 15) is 20.1 Å². The van der Waals surface area contributed by atoms with E-state index in [4.69, 9.17) is 0 Å². The molecule has 0 unspecified atom stereocenters. The standard InChI is InChI=1S/C37H38N4O4/c42-25-30-15-7-13-28(19-30)23-40-33(21-26-9-3-1-4-10-26)35(43)36(44)34(22-27-11-5-2-6-12-27)41(37(40)45)24-29-14-8-16-31(20-29)32-17-18-38-39-32/h1-20,33-36,42-44H,21-25H2,(H,38,39)/t33-,34-,35+,36+/m1/s1. The van der Waals surface area contributed by atoms with Crippen molar-refractivity contribution in [2.45, 2.75) is 56.8 Å². The molecule has 5 aromatic rings. The molecule has 2 heterocycles. The van der Waals surface area contributed by atoms with Crippen LogP contribution in [-0.4, -0.2) is 65.6 Å².